The summed E-state index contributed by atoms with van der Waals surface area (Å²) in [5, 5.41) is 5.85. The van der Waals surface area contributed by atoms with Crippen molar-refractivity contribution in [3.63, 3.8) is 0 Å². The van der Waals surface area contributed by atoms with Crippen molar-refractivity contribution in [1.82, 2.24) is 15.5 Å². The second-order valence-corrected chi connectivity index (χ2v) is 7.95. The van der Waals surface area contributed by atoms with Crippen LogP contribution in [0.5, 0.6) is 11.5 Å². The lowest BCUT2D eigenvalue weighted by molar-refractivity contribution is -0.117. The van der Waals surface area contributed by atoms with Gasteiger partial charge in [-0.05, 0) is 51.0 Å². The van der Waals surface area contributed by atoms with E-state index in [4.69, 9.17) is 9.47 Å². The molecule has 0 aromatic heterocycles. The molecule has 8 nitrogen and oxygen atoms in total. The Kier molecular flexibility index (Phi) is 8.19. The molecule has 1 aromatic carbocycles. The van der Waals surface area contributed by atoms with Crippen LogP contribution in [-0.2, 0) is 4.79 Å². The fourth-order valence-corrected chi connectivity index (χ4v) is 4.15. The van der Waals surface area contributed by atoms with Gasteiger partial charge in [-0.3, -0.25) is 4.79 Å². The number of likely N-dealkylation sites (tertiary alicyclic amines) is 1. The molecule has 2 fully saturated rings. The second-order valence-electron chi connectivity index (χ2n) is 7.95. The molecule has 166 valence electrons. The van der Waals surface area contributed by atoms with E-state index >= 15 is 0 Å². The summed E-state index contributed by atoms with van der Waals surface area (Å²) < 4.78 is 10.6. The number of hydrogen-bond donors (Lipinski definition) is 2. The molecular weight excluding hydrogens is 384 g/mol. The lowest BCUT2D eigenvalue weighted by Crippen LogP contribution is -2.44. The normalized spacial score (nSPS) is 20.0. The highest BCUT2D eigenvalue weighted by molar-refractivity contribution is 5.97. The van der Waals surface area contributed by atoms with Gasteiger partial charge in [-0.25, -0.2) is 4.79 Å². The Morgan fingerprint density at radius 1 is 1.10 bits per heavy atom. The Morgan fingerprint density at radius 2 is 1.83 bits per heavy atom. The van der Waals surface area contributed by atoms with Crippen LogP contribution < -0.4 is 25.0 Å². The van der Waals surface area contributed by atoms with Crippen molar-refractivity contribution in [2.75, 3.05) is 51.8 Å². The maximum atomic E-state index is 12.5. The smallest absolute Gasteiger partial charge is 0.315 e. The average molecular weight is 419 g/mol. The predicted molar refractivity (Wildman–Crippen MR) is 116 cm³/mol. The molecule has 0 bridgehead atoms. The molecule has 30 heavy (non-hydrogen) atoms. The maximum Gasteiger partial charge on any atom is 0.315 e. The van der Waals surface area contributed by atoms with Gasteiger partial charge in [-0.1, -0.05) is 12.8 Å². The number of urea groups is 1. The van der Waals surface area contributed by atoms with Crippen LogP contribution in [0.2, 0.25) is 0 Å². The van der Waals surface area contributed by atoms with Gasteiger partial charge in [0.2, 0.25) is 5.91 Å². The standard InChI is InChI=1S/C22H34N4O4/c1-29-19-9-8-18(15-20(19)30-2)26-16-17(14-21(26)27)24-22(28)23-10-7-13-25-11-5-3-4-6-12-25/h8-9,15,17H,3-7,10-14,16H2,1-2H3,(H2,23,24,28)/t17-/m1/s1. The molecule has 0 saturated carbocycles. The van der Waals surface area contributed by atoms with Gasteiger partial charge in [0.15, 0.2) is 11.5 Å². The summed E-state index contributed by atoms with van der Waals surface area (Å²) in [4.78, 5) is 28.9. The predicted octanol–water partition coefficient (Wildman–Crippen LogP) is 2.37. The first kappa shape index (κ1) is 22.2. The minimum absolute atomic E-state index is 0.0197. The summed E-state index contributed by atoms with van der Waals surface area (Å²) in [5.41, 5.74) is 0.736. The first-order chi connectivity index (χ1) is 14.6. The van der Waals surface area contributed by atoms with E-state index in [2.05, 4.69) is 15.5 Å². The molecule has 0 unspecified atom stereocenters. The molecule has 0 aliphatic carbocycles. The largest absolute Gasteiger partial charge is 0.493 e. The Balaban J connectivity index is 1.42. The first-order valence-corrected chi connectivity index (χ1v) is 10.9. The third kappa shape index (κ3) is 6.01. The van der Waals surface area contributed by atoms with Gasteiger partial charge in [-0.15, -0.1) is 0 Å². The highest BCUT2D eigenvalue weighted by atomic mass is 16.5. The van der Waals surface area contributed by atoms with Crippen molar-refractivity contribution in [1.29, 1.82) is 0 Å². The number of nitrogens with zero attached hydrogens (tertiary/aromatic N) is 2. The maximum absolute atomic E-state index is 12.5. The number of anilines is 1. The number of hydrogen-bond acceptors (Lipinski definition) is 5. The zero-order valence-corrected chi connectivity index (χ0v) is 18.1. The van der Waals surface area contributed by atoms with Crippen LogP contribution in [-0.4, -0.2) is 69.8 Å². The summed E-state index contributed by atoms with van der Waals surface area (Å²) in [7, 11) is 3.14. The van der Waals surface area contributed by atoms with Crippen molar-refractivity contribution in [2.24, 2.45) is 0 Å². The zero-order chi connectivity index (χ0) is 21.3. The highest BCUT2D eigenvalue weighted by Crippen LogP contribution is 2.33. The highest BCUT2D eigenvalue weighted by Gasteiger charge is 2.32. The molecule has 2 aliphatic rings. The molecule has 2 heterocycles. The minimum atomic E-state index is -0.212. The molecule has 8 heteroatoms. The van der Waals surface area contributed by atoms with E-state index in [0.29, 0.717) is 24.6 Å². The van der Waals surface area contributed by atoms with E-state index in [-0.39, 0.29) is 24.4 Å². The monoisotopic (exact) mass is 418 g/mol. The fourth-order valence-electron chi connectivity index (χ4n) is 4.15. The van der Waals surface area contributed by atoms with Crippen LogP contribution in [0, 0.1) is 0 Å². The van der Waals surface area contributed by atoms with Crippen molar-refractivity contribution in [2.45, 2.75) is 44.6 Å². The minimum Gasteiger partial charge on any atom is -0.493 e. The van der Waals surface area contributed by atoms with Gasteiger partial charge in [0.25, 0.3) is 0 Å². The lowest BCUT2D eigenvalue weighted by atomic mass is 10.2. The number of methoxy groups -OCH3 is 2. The van der Waals surface area contributed by atoms with Crippen LogP contribution in [0.15, 0.2) is 18.2 Å². The van der Waals surface area contributed by atoms with E-state index in [1.165, 1.54) is 38.8 Å². The number of benzene rings is 1. The molecule has 2 aliphatic heterocycles. The van der Waals surface area contributed by atoms with E-state index < -0.39 is 0 Å². The average Bonchev–Trinajstić information content (AvgIpc) is 2.94. The lowest BCUT2D eigenvalue weighted by Gasteiger charge is -2.20. The van der Waals surface area contributed by atoms with Gasteiger partial charge < -0.3 is 29.9 Å². The van der Waals surface area contributed by atoms with Gasteiger partial charge in [-0.2, -0.15) is 0 Å². The third-order valence-electron chi connectivity index (χ3n) is 5.77. The molecule has 1 atom stereocenters. The molecule has 2 N–H and O–H groups in total. The Bertz CT molecular complexity index is 719. The SMILES string of the molecule is COc1ccc(N2C[C@H](NC(=O)NCCCN3CCCCCC3)CC2=O)cc1OC. The molecule has 3 amide bonds. The summed E-state index contributed by atoms with van der Waals surface area (Å²) in [5.74, 6) is 1.16. The van der Waals surface area contributed by atoms with Gasteiger partial charge >= 0.3 is 6.03 Å². The number of carbonyl (C=O) groups excluding carboxylic acids is 2. The number of nitrogens with one attached hydrogen (secondary N) is 2. The Morgan fingerprint density at radius 3 is 2.53 bits per heavy atom. The molecule has 0 spiro atoms. The van der Waals surface area contributed by atoms with Crippen LogP contribution in [0.25, 0.3) is 0 Å². The summed E-state index contributed by atoms with van der Waals surface area (Å²) in [6.45, 7) is 4.44. The summed E-state index contributed by atoms with van der Waals surface area (Å²) in [6, 6.07) is 4.96. The molecular formula is C22H34N4O4. The van der Waals surface area contributed by atoms with Crippen LogP contribution in [0.3, 0.4) is 0 Å². The number of ether oxygens (including phenoxy) is 2. The first-order valence-electron chi connectivity index (χ1n) is 10.9. The zero-order valence-electron chi connectivity index (χ0n) is 18.1. The number of carbonyl (C=O) groups is 2. The van der Waals surface area contributed by atoms with Crippen LogP contribution in [0.1, 0.15) is 38.5 Å². The van der Waals surface area contributed by atoms with Crippen molar-refractivity contribution in [3.05, 3.63) is 18.2 Å². The van der Waals surface area contributed by atoms with E-state index in [1.807, 2.05) is 6.07 Å². The van der Waals surface area contributed by atoms with Crippen molar-refractivity contribution in [3.8, 4) is 11.5 Å². The van der Waals surface area contributed by atoms with Crippen molar-refractivity contribution >= 4 is 17.6 Å². The Labute approximate surface area is 178 Å². The fraction of sp³-hybridized carbons (Fsp3) is 0.636. The van der Waals surface area contributed by atoms with Crippen LogP contribution >= 0.6 is 0 Å². The van der Waals surface area contributed by atoms with Crippen molar-refractivity contribution < 1.29 is 19.1 Å². The quantitative estimate of drug-likeness (QED) is 0.634. The third-order valence-corrected chi connectivity index (χ3v) is 5.77. The summed E-state index contributed by atoms with van der Waals surface area (Å²) in [6.07, 6.45) is 6.44. The van der Waals surface area contributed by atoms with Gasteiger partial charge in [0.1, 0.15) is 0 Å². The van der Waals surface area contributed by atoms with Gasteiger partial charge in [0, 0.05) is 31.3 Å². The number of rotatable bonds is 8. The molecule has 0 radical (unpaired) electrons. The molecule has 3 rings (SSSR count). The van der Waals surface area contributed by atoms with E-state index in [1.54, 1.807) is 31.3 Å². The van der Waals surface area contributed by atoms with E-state index in [0.717, 1.165) is 18.7 Å². The van der Waals surface area contributed by atoms with Gasteiger partial charge in [0.05, 0.1) is 20.3 Å². The summed E-state index contributed by atoms with van der Waals surface area (Å²) >= 11 is 0. The molecule has 2 saturated heterocycles. The Hall–Kier alpha value is -2.48. The van der Waals surface area contributed by atoms with Crippen LogP contribution in [0.4, 0.5) is 10.5 Å². The molecule has 1 aromatic rings. The topological polar surface area (TPSA) is 83.1 Å². The van der Waals surface area contributed by atoms with E-state index in [9.17, 15) is 9.59 Å². The number of amides is 3. The second kappa shape index (κ2) is 11.1.